The minimum atomic E-state index is -0.893. The van der Waals surface area contributed by atoms with E-state index in [1.807, 2.05) is 6.07 Å². The molecule has 41 heavy (non-hydrogen) atoms. The van der Waals surface area contributed by atoms with E-state index in [1.54, 1.807) is 6.92 Å². The van der Waals surface area contributed by atoms with Crippen LogP contribution in [0.1, 0.15) is 63.9 Å². The van der Waals surface area contributed by atoms with E-state index in [9.17, 15) is 14.9 Å². The monoisotopic (exact) mass is 568 g/mol. The Kier molecular flexibility index (Phi) is 12.2. The summed E-state index contributed by atoms with van der Waals surface area (Å²) >= 11 is 0. The molecule has 1 aliphatic carbocycles. The van der Waals surface area contributed by atoms with Crippen molar-refractivity contribution in [2.45, 2.75) is 82.6 Å². The number of hydrogen-bond donors (Lipinski definition) is 3. The molecule has 2 atom stereocenters. The number of morpholine rings is 1. The first kappa shape index (κ1) is 31.2. The highest BCUT2D eigenvalue weighted by Crippen LogP contribution is 2.28. The number of nitriles is 1. The summed E-state index contributed by atoms with van der Waals surface area (Å²) in [4.78, 5) is 30.8. The average Bonchev–Trinajstić information content (AvgIpc) is 3.01. The predicted molar refractivity (Wildman–Crippen MR) is 157 cm³/mol. The largest absolute Gasteiger partial charge is 0.450 e. The van der Waals surface area contributed by atoms with Gasteiger partial charge < -0.3 is 19.7 Å². The maximum Gasteiger partial charge on any atom is 0.409 e. The van der Waals surface area contributed by atoms with Crippen LogP contribution in [-0.2, 0) is 20.7 Å². The van der Waals surface area contributed by atoms with Crippen molar-refractivity contribution in [3.8, 4) is 6.07 Å². The average molecular weight is 569 g/mol. The number of nitrogens with zero attached hydrogens (tertiary/aromatic N) is 3. The summed E-state index contributed by atoms with van der Waals surface area (Å²) in [6.07, 6.45) is 7.50. The van der Waals surface area contributed by atoms with E-state index in [2.05, 4.69) is 56.1 Å². The van der Waals surface area contributed by atoms with Crippen LogP contribution >= 0.6 is 0 Å². The van der Waals surface area contributed by atoms with Crippen molar-refractivity contribution in [2.24, 2.45) is 5.92 Å². The Balaban J connectivity index is 1.41. The van der Waals surface area contributed by atoms with Gasteiger partial charge in [0.15, 0.2) is 0 Å². The Labute approximate surface area is 245 Å². The third-order valence-corrected chi connectivity index (χ3v) is 8.76. The number of nitrogens with one attached hydrogen (secondary N) is 3. The van der Waals surface area contributed by atoms with Crippen LogP contribution in [-0.4, -0.2) is 92.2 Å². The molecular weight excluding hydrogens is 520 g/mol. The van der Waals surface area contributed by atoms with E-state index in [0.717, 1.165) is 38.9 Å². The molecule has 1 saturated carbocycles. The quantitative estimate of drug-likeness (QED) is 0.330. The summed E-state index contributed by atoms with van der Waals surface area (Å²) in [7, 11) is 0. The molecule has 2 saturated heterocycles. The summed E-state index contributed by atoms with van der Waals surface area (Å²) in [6.45, 7) is 6.87. The van der Waals surface area contributed by atoms with Crippen molar-refractivity contribution in [2.75, 3.05) is 52.5 Å². The molecule has 3 aliphatic rings. The molecule has 0 radical (unpaired) electrons. The van der Waals surface area contributed by atoms with Crippen LogP contribution in [0.4, 0.5) is 4.79 Å². The second-order valence-corrected chi connectivity index (χ2v) is 11.6. The number of carbonyl (C=O) groups is 2. The highest BCUT2D eigenvalue weighted by molar-refractivity contribution is 5.83. The highest BCUT2D eigenvalue weighted by atomic mass is 16.5. The zero-order chi connectivity index (χ0) is 28.9. The highest BCUT2D eigenvalue weighted by Gasteiger charge is 2.39. The molecular formula is C31H48N6O4. The van der Waals surface area contributed by atoms with Gasteiger partial charge in [-0.3, -0.25) is 20.3 Å². The van der Waals surface area contributed by atoms with Gasteiger partial charge in [-0.15, -0.1) is 0 Å². The van der Waals surface area contributed by atoms with Crippen molar-refractivity contribution in [1.82, 2.24) is 25.8 Å². The number of ether oxygens (including phenoxy) is 2. The second kappa shape index (κ2) is 16.1. The first-order valence-electron chi connectivity index (χ1n) is 15.5. The van der Waals surface area contributed by atoms with Gasteiger partial charge in [-0.25, -0.2) is 4.79 Å². The fraction of sp³-hybridized carbons (Fsp3) is 0.710. The first-order valence-corrected chi connectivity index (χ1v) is 15.5. The Morgan fingerprint density at radius 1 is 1.10 bits per heavy atom. The number of rotatable bonds is 12. The maximum atomic E-state index is 13.9. The number of likely N-dealkylation sites (tertiary alicyclic amines) is 1. The number of piperidine rings is 1. The second-order valence-electron chi connectivity index (χ2n) is 11.6. The van der Waals surface area contributed by atoms with Crippen LogP contribution in [0.5, 0.6) is 0 Å². The normalized spacial score (nSPS) is 21.8. The maximum absolute atomic E-state index is 13.9. The standard InChI is InChI=1S/C31H48N6O4/c1-2-41-30(39)34-29(37-19-21-40-22-20-37)33-27(23-26-11-7-4-8-12-26)28(38)35-31(24-32)14-17-36(18-15-31)16-13-25-9-5-3-6-10-25/h3,5-6,9-10,26-27,29,33H,2,4,7-8,11-23H2,1H3,(H,34,39)(H,35,38). The van der Waals surface area contributed by atoms with Crippen molar-refractivity contribution >= 4 is 12.0 Å². The van der Waals surface area contributed by atoms with Crippen LogP contribution in [0, 0.1) is 17.2 Å². The van der Waals surface area contributed by atoms with Gasteiger partial charge in [0.25, 0.3) is 0 Å². The summed E-state index contributed by atoms with van der Waals surface area (Å²) in [5, 5.41) is 19.8. The molecule has 0 bridgehead atoms. The molecule has 3 fully saturated rings. The van der Waals surface area contributed by atoms with Crippen LogP contribution < -0.4 is 16.0 Å². The third-order valence-electron chi connectivity index (χ3n) is 8.76. The van der Waals surface area contributed by atoms with E-state index in [1.165, 1.54) is 24.8 Å². The smallest absolute Gasteiger partial charge is 0.409 e. The Morgan fingerprint density at radius 3 is 2.46 bits per heavy atom. The van der Waals surface area contributed by atoms with Gasteiger partial charge in [-0.2, -0.15) is 5.26 Å². The molecule has 2 amide bonds. The zero-order valence-corrected chi connectivity index (χ0v) is 24.6. The number of amides is 2. The van der Waals surface area contributed by atoms with Crippen LogP contribution in [0.3, 0.4) is 0 Å². The van der Waals surface area contributed by atoms with Crippen molar-refractivity contribution in [3.05, 3.63) is 35.9 Å². The van der Waals surface area contributed by atoms with E-state index in [-0.39, 0.29) is 12.5 Å². The van der Waals surface area contributed by atoms with E-state index < -0.39 is 24.0 Å². The summed E-state index contributed by atoms with van der Waals surface area (Å²) < 4.78 is 10.7. The molecule has 0 spiro atoms. The fourth-order valence-electron chi connectivity index (χ4n) is 6.23. The van der Waals surface area contributed by atoms with Gasteiger partial charge in [-0.1, -0.05) is 62.4 Å². The van der Waals surface area contributed by atoms with E-state index >= 15 is 0 Å². The molecule has 2 heterocycles. The minimum absolute atomic E-state index is 0.168. The van der Waals surface area contributed by atoms with Gasteiger partial charge in [0.2, 0.25) is 5.91 Å². The Hall–Kier alpha value is -2.71. The Bertz CT molecular complexity index is 982. The molecule has 1 aromatic carbocycles. The molecule has 0 aromatic heterocycles. The van der Waals surface area contributed by atoms with E-state index in [0.29, 0.717) is 51.5 Å². The zero-order valence-electron chi connectivity index (χ0n) is 24.6. The minimum Gasteiger partial charge on any atom is -0.450 e. The molecule has 2 aliphatic heterocycles. The topological polar surface area (TPSA) is 119 Å². The molecule has 1 aromatic rings. The molecule has 3 N–H and O–H groups in total. The third kappa shape index (κ3) is 9.67. The molecule has 10 heteroatoms. The summed E-state index contributed by atoms with van der Waals surface area (Å²) in [5.74, 6) is 0.261. The SMILES string of the molecule is CCOC(=O)NC(NC(CC1CCCCC1)C(=O)NC1(C#N)CCN(CCc2ccccc2)CC1)N1CCOCC1. The van der Waals surface area contributed by atoms with E-state index in [4.69, 9.17) is 9.47 Å². The predicted octanol–water partition coefficient (Wildman–Crippen LogP) is 2.99. The van der Waals surface area contributed by atoms with Gasteiger partial charge in [0.05, 0.1) is 31.9 Å². The van der Waals surface area contributed by atoms with Crippen LogP contribution in [0.15, 0.2) is 30.3 Å². The number of carbonyl (C=O) groups excluding carboxylic acids is 2. The van der Waals surface area contributed by atoms with Gasteiger partial charge in [0.1, 0.15) is 11.8 Å². The molecule has 226 valence electrons. The van der Waals surface area contributed by atoms with Gasteiger partial charge in [-0.05, 0) is 44.1 Å². The van der Waals surface area contributed by atoms with Crippen molar-refractivity contribution in [1.29, 1.82) is 5.26 Å². The lowest BCUT2D eigenvalue weighted by Gasteiger charge is -2.40. The van der Waals surface area contributed by atoms with Crippen LogP contribution in [0.25, 0.3) is 0 Å². The lowest BCUT2D eigenvalue weighted by Crippen LogP contribution is -2.65. The lowest BCUT2D eigenvalue weighted by molar-refractivity contribution is -0.126. The first-order chi connectivity index (χ1) is 20.0. The lowest BCUT2D eigenvalue weighted by atomic mass is 9.84. The Morgan fingerprint density at radius 2 is 1.80 bits per heavy atom. The van der Waals surface area contributed by atoms with Crippen LogP contribution in [0.2, 0.25) is 0 Å². The number of benzene rings is 1. The fourth-order valence-corrected chi connectivity index (χ4v) is 6.23. The molecule has 4 rings (SSSR count). The van der Waals surface area contributed by atoms with Gasteiger partial charge >= 0.3 is 6.09 Å². The van der Waals surface area contributed by atoms with Crippen molar-refractivity contribution < 1.29 is 19.1 Å². The number of hydrogen-bond acceptors (Lipinski definition) is 8. The molecule has 10 nitrogen and oxygen atoms in total. The van der Waals surface area contributed by atoms with Gasteiger partial charge in [0, 0.05) is 32.7 Å². The van der Waals surface area contributed by atoms with Crippen molar-refractivity contribution in [3.63, 3.8) is 0 Å². The molecule has 2 unspecified atom stereocenters. The number of alkyl carbamates (subject to hydrolysis) is 1. The summed E-state index contributed by atoms with van der Waals surface area (Å²) in [6, 6.07) is 12.4. The summed E-state index contributed by atoms with van der Waals surface area (Å²) in [5.41, 5.74) is 0.413.